The maximum absolute atomic E-state index is 12.9. The van der Waals surface area contributed by atoms with E-state index in [1.165, 1.54) is 25.1 Å². The van der Waals surface area contributed by atoms with Crippen LogP contribution in [0.5, 0.6) is 0 Å². The number of hydrogen-bond acceptors (Lipinski definition) is 3. The van der Waals surface area contributed by atoms with Crippen LogP contribution < -0.4 is 0 Å². The molecule has 0 spiro atoms. The number of rotatable bonds is 3. The second-order valence-electron chi connectivity index (χ2n) is 3.72. The van der Waals surface area contributed by atoms with Crippen molar-refractivity contribution in [1.29, 1.82) is 0 Å². The monoisotopic (exact) mass is 310 g/mol. The van der Waals surface area contributed by atoms with Gasteiger partial charge in [0.2, 0.25) is 0 Å². The summed E-state index contributed by atoms with van der Waals surface area (Å²) in [6.45, 7) is 1.33. The Hall–Kier alpha value is -0.460. The van der Waals surface area contributed by atoms with E-state index in [1.54, 1.807) is 0 Å². The van der Waals surface area contributed by atoms with E-state index in [0.29, 0.717) is 0 Å². The Kier molecular flexibility index (Phi) is 3.76. The molecule has 0 unspecified atom stereocenters. The topological polar surface area (TPSA) is 54.4 Å². The Bertz CT molecular complexity index is 485. The van der Waals surface area contributed by atoms with E-state index in [0.717, 1.165) is 12.3 Å². The van der Waals surface area contributed by atoms with Crippen molar-refractivity contribution < 1.29 is 17.9 Å². The number of sulfone groups is 1. The van der Waals surface area contributed by atoms with Crippen molar-refractivity contribution in [2.45, 2.75) is 16.7 Å². The molecule has 1 aromatic carbocycles. The van der Waals surface area contributed by atoms with Crippen LogP contribution in [0.4, 0.5) is 4.39 Å². The highest BCUT2D eigenvalue weighted by Gasteiger charge is 2.41. The number of alkyl halides is 1. The van der Waals surface area contributed by atoms with Crippen LogP contribution in [-0.2, 0) is 9.84 Å². The van der Waals surface area contributed by atoms with Crippen LogP contribution in [0, 0.1) is 5.82 Å². The van der Waals surface area contributed by atoms with Crippen molar-refractivity contribution in [1.82, 2.24) is 0 Å². The molecule has 0 saturated heterocycles. The summed E-state index contributed by atoms with van der Waals surface area (Å²) < 4.78 is 34.3. The van der Waals surface area contributed by atoms with Crippen molar-refractivity contribution >= 4 is 25.8 Å². The highest BCUT2D eigenvalue weighted by atomic mass is 79.9. The Balaban J connectivity index is 3.17. The molecule has 0 aliphatic heterocycles. The molecule has 0 aliphatic carbocycles. The first-order valence-electron chi connectivity index (χ1n) is 4.48. The standard InChI is InChI=1S/C10H12BrFO3S/c1-10(11,16(2,14)15)9(13)7-4-3-5-8(12)6-7/h3-6,9,13H,1-2H3/t9-,10-/m1/s1. The highest BCUT2D eigenvalue weighted by molar-refractivity contribution is 9.11. The normalized spacial score (nSPS) is 17.8. The minimum atomic E-state index is -3.52. The Morgan fingerprint density at radius 3 is 2.50 bits per heavy atom. The first-order chi connectivity index (χ1) is 7.16. The van der Waals surface area contributed by atoms with Crippen LogP contribution in [0.25, 0.3) is 0 Å². The Morgan fingerprint density at radius 2 is 2.06 bits per heavy atom. The molecule has 0 saturated carbocycles. The molecule has 1 rings (SSSR count). The van der Waals surface area contributed by atoms with E-state index in [-0.39, 0.29) is 5.56 Å². The number of halogens is 2. The summed E-state index contributed by atoms with van der Waals surface area (Å²) in [5.41, 5.74) is 0.213. The molecule has 0 bridgehead atoms. The molecule has 0 radical (unpaired) electrons. The molecule has 0 fully saturated rings. The maximum Gasteiger partial charge on any atom is 0.165 e. The van der Waals surface area contributed by atoms with E-state index >= 15 is 0 Å². The number of aliphatic hydroxyl groups is 1. The fraction of sp³-hybridized carbons (Fsp3) is 0.400. The Labute approximate surface area is 102 Å². The van der Waals surface area contributed by atoms with Crippen LogP contribution in [0.15, 0.2) is 24.3 Å². The van der Waals surface area contributed by atoms with Gasteiger partial charge in [0.15, 0.2) is 13.5 Å². The molecule has 2 atom stereocenters. The Morgan fingerprint density at radius 1 is 1.50 bits per heavy atom. The van der Waals surface area contributed by atoms with Crippen molar-refractivity contribution in [2.75, 3.05) is 6.26 Å². The summed E-state index contributed by atoms with van der Waals surface area (Å²) >= 11 is 2.97. The van der Waals surface area contributed by atoms with Gasteiger partial charge in [-0.3, -0.25) is 0 Å². The molecule has 1 aromatic rings. The fourth-order valence-electron chi connectivity index (χ4n) is 1.18. The molecule has 1 N–H and O–H groups in total. The van der Waals surface area contributed by atoms with Crippen LogP contribution in [0.3, 0.4) is 0 Å². The molecule has 16 heavy (non-hydrogen) atoms. The summed E-state index contributed by atoms with van der Waals surface area (Å²) in [5.74, 6) is -0.520. The summed E-state index contributed by atoms with van der Waals surface area (Å²) in [5, 5.41) is 9.92. The van der Waals surface area contributed by atoms with Gasteiger partial charge in [0.25, 0.3) is 0 Å². The summed E-state index contributed by atoms with van der Waals surface area (Å²) in [6, 6.07) is 5.22. The molecular formula is C10H12BrFO3S. The van der Waals surface area contributed by atoms with E-state index < -0.39 is 25.4 Å². The lowest BCUT2D eigenvalue weighted by molar-refractivity contribution is 0.167. The fourth-order valence-corrected chi connectivity index (χ4v) is 1.98. The molecule has 0 aromatic heterocycles. The van der Waals surface area contributed by atoms with Crippen molar-refractivity contribution in [2.24, 2.45) is 0 Å². The van der Waals surface area contributed by atoms with Gasteiger partial charge in [0.1, 0.15) is 11.9 Å². The third-order valence-corrected chi connectivity index (χ3v) is 6.25. The van der Waals surface area contributed by atoms with Crippen molar-refractivity contribution in [3.05, 3.63) is 35.6 Å². The lowest BCUT2D eigenvalue weighted by atomic mass is 10.1. The van der Waals surface area contributed by atoms with Gasteiger partial charge in [-0.05, 0) is 24.6 Å². The zero-order valence-corrected chi connectivity index (χ0v) is 11.2. The van der Waals surface area contributed by atoms with Gasteiger partial charge in [-0.1, -0.05) is 28.1 Å². The summed E-state index contributed by atoms with van der Waals surface area (Å²) in [7, 11) is -3.52. The molecule has 3 nitrogen and oxygen atoms in total. The predicted octanol–water partition coefficient (Wildman–Crippen LogP) is 2.01. The first kappa shape index (κ1) is 13.6. The van der Waals surface area contributed by atoms with E-state index in [1.807, 2.05) is 0 Å². The SMILES string of the molecule is C[C@](Br)([C@H](O)c1cccc(F)c1)S(C)(=O)=O. The summed E-state index contributed by atoms with van der Waals surface area (Å²) in [6.07, 6.45) is -0.331. The number of aliphatic hydroxyl groups excluding tert-OH is 1. The second-order valence-corrected chi connectivity index (χ2v) is 8.28. The van der Waals surface area contributed by atoms with Gasteiger partial charge in [-0.15, -0.1) is 0 Å². The average molecular weight is 311 g/mol. The highest BCUT2D eigenvalue weighted by Crippen LogP contribution is 2.37. The first-order valence-corrected chi connectivity index (χ1v) is 7.16. The largest absolute Gasteiger partial charge is 0.386 e. The van der Waals surface area contributed by atoms with Crippen LogP contribution in [0.1, 0.15) is 18.6 Å². The maximum atomic E-state index is 12.9. The molecule has 6 heteroatoms. The molecule has 0 aliphatic rings. The van der Waals surface area contributed by atoms with E-state index in [4.69, 9.17) is 0 Å². The minimum Gasteiger partial charge on any atom is -0.386 e. The molecule has 90 valence electrons. The predicted molar refractivity (Wildman–Crippen MR) is 63.5 cm³/mol. The van der Waals surface area contributed by atoms with Gasteiger partial charge < -0.3 is 5.11 Å². The summed E-state index contributed by atoms with van der Waals surface area (Å²) in [4.78, 5) is 0. The third kappa shape index (κ3) is 2.61. The molecule has 0 heterocycles. The molecular weight excluding hydrogens is 299 g/mol. The smallest absolute Gasteiger partial charge is 0.165 e. The van der Waals surface area contributed by atoms with Crippen molar-refractivity contribution in [3.63, 3.8) is 0 Å². The van der Waals surface area contributed by atoms with Gasteiger partial charge in [0, 0.05) is 6.26 Å². The quantitative estimate of drug-likeness (QED) is 0.869. The van der Waals surface area contributed by atoms with Gasteiger partial charge >= 0.3 is 0 Å². The van der Waals surface area contributed by atoms with Gasteiger partial charge in [-0.2, -0.15) is 0 Å². The van der Waals surface area contributed by atoms with Crippen LogP contribution in [0.2, 0.25) is 0 Å². The lowest BCUT2D eigenvalue weighted by Crippen LogP contribution is -2.34. The third-order valence-electron chi connectivity index (χ3n) is 2.38. The second kappa shape index (κ2) is 4.43. The van der Waals surface area contributed by atoms with Gasteiger partial charge in [-0.25, -0.2) is 12.8 Å². The number of hydrogen-bond donors (Lipinski definition) is 1. The van der Waals surface area contributed by atoms with E-state index in [2.05, 4.69) is 15.9 Å². The number of benzene rings is 1. The average Bonchev–Trinajstić information content (AvgIpc) is 2.14. The minimum absolute atomic E-state index is 0.213. The zero-order chi connectivity index (χ0) is 12.6. The van der Waals surface area contributed by atoms with Crippen LogP contribution >= 0.6 is 15.9 Å². The van der Waals surface area contributed by atoms with Crippen molar-refractivity contribution in [3.8, 4) is 0 Å². The zero-order valence-electron chi connectivity index (χ0n) is 8.81. The van der Waals surface area contributed by atoms with Crippen LogP contribution in [-0.4, -0.2) is 23.4 Å². The lowest BCUT2D eigenvalue weighted by Gasteiger charge is -2.26. The molecule has 0 amide bonds. The van der Waals surface area contributed by atoms with Gasteiger partial charge in [0.05, 0.1) is 0 Å². The van der Waals surface area contributed by atoms with E-state index in [9.17, 15) is 17.9 Å².